The highest BCUT2D eigenvalue weighted by molar-refractivity contribution is 5.95. The molecule has 0 aliphatic heterocycles. The molecule has 0 fully saturated rings. The van der Waals surface area contributed by atoms with Crippen molar-refractivity contribution in [3.8, 4) is 17.0 Å². The maximum atomic E-state index is 13.7. The summed E-state index contributed by atoms with van der Waals surface area (Å²) in [6.07, 6.45) is 5.06. The first-order chi connectivity index (χ1) is 15.6. The van der Waals surface area contributed by atoms with Gasteiger partial charge in [0.2, 0.25) is 5.95 Å². The molecule has 0 radical (unpaired) electrons. The highest BCUT2D eigenvalue weighted by Gasteiger charge is 2.11. The van der Waals surface area contributed by atoms with Crippen LogP contribution in [0.1, 0.15) is 5.56 Å². The number of hydrogen-bond acceptors (Lipinski definition) is 6. The third-order valence-corrected chi connectivity index (χ3v) is 4.50. The molecule has 4 rings (SSSR count). The van der Waals surface area contributed by atoms with Crippen molar-refractivity contribution in [2.24, 2.45) is 0 Å². The third-order valence-electron chi connectivity index (χ3n) is 4.50. The molecule has 0 spiro atoms. The Bertz CT molecular complexity index is 1230. The number of aromatic nitrogens is 3. The van der Waals surface area contributed by atoms with Gasteiger partial charge >= 0.3 is 0 Å². The predicted molar refractivity (Wildman–Crippen MR) is 120 cm³/mol. The highest BCUT2D eigenvalue weighted by atomic mass is 19.1. The van der Waals surface area contributed by atoms with E-state index in [2.05, 4.69) is 25.6 Å². The summed E-state index contributed by atoms with van der Waals surface area (Å²) >= 11 is 0. The lowest BCUT2D eigenvalue weighted by atomic mass is 10.2. The maximum absolute atomic E-state index is 13.7. The van der Waals surface area contributed by atoms with Crippen LogP contribution in [-0.4, -0.2) is 27.5 Å². The molecule has 0 saturated carbocycles. The zero-order chi connectivity index (χ0) is 22.3. The van der Waals surface area contributed by atoms with E-state index in [-0.39, 0.29) is 12.4 Å². The van der Waals surface area contributed by atoms with Gasteiger partial charge in [0.15, 0.2) is 18.2 Å². The molecule has 0 bridgehead atoms. The van der Waals surface area contributed by atoms with Crippen LogP contribution in [0.2, 0.25) is 0 Å². The molecular weight excluding hydrogens is 409 g/mol. The van der Waals surface area contributed by atoms with Crippen LogP contribution < -0.4 is 15.4 Å². The Balaban J connectivity index is 1.49. The lowest BCUT2D eigenvalue weighted by molar-refractivity contribution is -0.118. The van der Waals surface area contributed by atoms with Crippen LogP contribution >= 0.6 is 0 Å². The fourth-order valence-corrected chi connectivity index (χ4v) is 2.98. The van der Waals surface area contributed by atoms with Gasteiger partial charge in [-0.05, 0) is 55.0 Å². The van der Waals surface area contributed by atoms with Crippen LogP contribution in [0.3, 0.4) is 0 Å². The summed E-state index contributed by atoms with van der Waals surface area (Å²) in [6.45, 7) is 1.60. The van der Waals surface area contributed by atoms with Crippen molar-refractivity contribution in [1.29, 1.82) is 0 Å². The van der Waals surface area contributed by atoms with E-state index < -0.39 is 11.7 Å². The van der Waals surface area contributed by atoms with Gasteiger partial charge in [-0.2, -0.15) is 0 Å². The van der Waals surface area contributed by atoms with Crippen molar-refractivity contribution >= 4 is 23.2 Å². The second-order valence-corrected chi connectivity index (χ2v) is 6.95. The van der Waals surface area contributed by atoms with Gasteiger partial charge in [-0.1, -0.05) is 18.2 Å². The number of hydrogen-bond donors (Lipinski definition) is 2. The first-order valence-corrected chi connectivity index (χ1v) is 9.87. The van der Waals surface area contributed by atoms with Crippen molar-refractivity contribution in [1.82, 2.24) is 15.0 Å². The van der Waals surface area contributed by atoms with E-state index in [0.717, 1.165) is 11.1 Å². The second-order valence-electron chi connectivity index (χ2n) is 6.95. The van der Waals surface area contributed by atoms with E-state index >= 15 is 0 Å². The Morgan fingerprint density at radius 3 is 2.72 bits per heavy atom. The van der Waals surface area contributed by atoms with Crippen LogP contribution in [-0.2, 0) is 4.79 Å². The number of halogens is 1. The number of carbonyl (C=O) groups is 1. The van der Waals surface area contributed by atoms with Gasteiger partial charge in [0, 0.05) is 24.2 Å². The lowest BCUT2D eigenvalue weighted by Gasteiger charge is -2.14. The number of para-hydroxylation sites is 1. The molecule has 2 aromatic heterocycles. The van der Waals surface area contributed by atoms with E-state index in [1.807, 2.05) is 31.2 Å². The van der Waals surface area contributed by atoms with E-state index in [4.69, 9.17) is 4.74 Å². The zero-order valence-corrected chi connectivity index (χ0v) is 17.2. The number of benzene rings is 2. The highest BCUT2D eigenvalue weighted by Crippen LogP contribution is 2.26. The minimum Gasteiger partial charge on any atom is -0.481 e. The summed E-state index contributed by atoms with van der Waals surface area (Å²) in [7, 11) is 0. The largest absolute Gasteiger partial charge is 0.481 e. The van der Waals surface area contributed by atoms with Gasteiger partial charge in [0.05, 0.1) is 17.1 Å². The molecule has 4 aromatic rings. The van der Waals surface area contributed by atoms with E-state index in [9.17, 15) is 9.18 Å². The minimum absolute atomic E-state index is 0.0190. The third kappa shape index (κ3) is 5.23. The SMILES string of the molecule is Cc1ccc(NC(=O)COc2ccccc2F)c(Nc2nccc(-c3cccnc3)n2)c1. The Kier molecular flexibility index (Phi) is 6.31. The van der Waals surface area contributed by atoms with Crippen LogP contribution in [0.4, 0.5) is 21.7 Å². The summed E-state index contributed by atoms with van der Waals surface area (Å²) < 4.78 is 19.0. The molecule has 0 aliphatic rings. The molecule has 0 saturated heterocycles. The molecule has 8 heteroatoms. The Morgan fingerprint density at radius 2 is 1.91 bits per heavy atom. The minimum atomic E-state index is -0.524. The van der Waals surface area contributed by atoms with E-state index in [1.165, 1.54) is 12.1 Å². The van der Waals surface area contributed by atoms with Crippen LogP contribution in [0.25, 0.3) is 11.3 Å². The quantitative estimate of drug-likeness (QED) is 0.441. The van der Waals surface area contributed by atoms with Crippen molar-refractivity contribution in [2.45, 2.75) is 6.92 Å². The molecule has 0 aliphatic carbocycles. The van der Waals surface area contributed by atoms with Gasteiger partial charge < -0.3 is 15.4 Å². The van der Waals surface area contributed by atoms with Crippen LogP contribution in [0.15, 0.2) is 79.3 Å². The van der Waals surface area contributed by atoms with E-state index in [1.54, 1.807) is 42.9 Å². The van der Waals surface area contributed by atoms with Crippen molar-refractivity contribution < 1.29 is 13.9 Å². The zero-order valence-electron chi connectivity index (χ0n) is 17.2. The Morgan fingerprint density at radius 1 is 1.03 bits per heavy atom. The fourth-order valence-electron chi connectivity index (χ4n) is 2.98. The molecule has 2 aromatic carbocycles. The maximum Gasteiger partial charge on any atom is 0.262 e. The number of nitrogens with zero attached hydrogens (tertiary/aromatic N) is 3. The summed E-state index contributed by atoms with van der Waals surface area (Å²) in [5, 5.41) is 5.93. The topological polar surface area (TPSA) is 89.0 Å². The van der Waals surface area contributed by atoms with Gasteiger partial charge in [-0.15, -0.1) is 0 Å². The summed E-state index contributed by atoms with van der Waals surface area (Å²) in [5.74, 6) is -0.561. The molecule has 2 N–H and O–H groups in total. The second kappa shape index (κ2) is 9.65. The smallest absolute Gasteiger partial charge is 0.262 e. The van der Waals surface area contributed by atoms with E-state index in [0.29, 0.717) is 23.0 Å². The first kappa shape index (κ1) is 20.9. The molecular formula is C24H20FN5O2. The van der Waals surface area contributed by atoms with Gasteiger partial charge in [0.25, 0.3) is 5.91 Å². The Hall–Kier alpha value is -4.33. The molecule has 2 heterocycles. The standard InChI is InChI=1S/C24H20FN5O2/c1-16-8-9-20(28-23(31)15-32-22-7-3-2-6-18(22)25)21(13-16)30-24-27-12-10-19(29-24)17-5-4-11-26-14-17/h2-14H,15H2,1H3,(H,28,31)(H,27,29,30). The van der Waals surface area contributed by atoms with Gasteiger partial charge in [-0.25, -0.2) is 14.4 Å². The fraction of sp³-hybridized carbons (Fsp3) is 0.0833. The van der Waals surface area contributed by atoms with Gasteiger partial charge in [0.1, 0.15) is 0 Å². The summed E-state index contributed by atoms with van der Waals surface area (Å²) in [6, 6.07) is 17.0. The molecule has 32 heavy (non-hydrogen) atoms. The normalized spacial score (nSPS) is 10.4. The first-order valence-electron chi connectivity index (χ1n) is 9.87. The lowest BCUT2D eigenvalue weighted by Crippen LogP contribution is -2.21. The number of aryl methyl sites for hydroxylation is 1. The molecule has 0 atom stereocenters. The number of anilines is 3. The van der Waals surface area contributed by atoms with Gasteiger partial charge in [-0.3, -0.25) is 9.78 Å². The number of carbonyl (C=O) groups excluding carboxylic acids is 1. The number of amides is 1. The van der Waals surface area contributed by atoms with Crippen molar-refractivity contribution in [3.05, 3.63) is 90.6 Å². The van der Waals surface area contributed by atoms with Crippen LogP contribution in [0.5, 0.6) is 5.75 Å². The number of nitrogens with one attached hydrogen (secondary N) is 2. The van der Waals surface area contributed by atoms with Crippen molar-refractivity contribution in [3.63, 3.8) is 0 Å². The Labute approximate surface area is 184 Å². The molecule has 1 amide bonds. The van der Waals surface area contributed by atoms with Crippen molar-refractivity contribution in [2.75, 3.05) is 17.2 Å². The predicted octanol–water partition coefficient (Wildman–Crippen LogP) is 4.75. The average molecular weight is 429 g/mol. The van der Waals surface area contributed by atoms with Crippen LogP contribution in [0, 0.1) is 12.7 Å². The summed E-state index contributed by atoms with van der Waals surface area (Å²) in [4.78, 5) is 25.3. The molecule has 160 valence electrons. The number of rotatable bonds is 7. The number of pyridine rings is 1. The molecule has 7 nitrogen and oxygen atoms in total. The summed E-state index contributed by atoms with van der Waals surface area (Å²) in [5.41, 5.74) is 3.70. The number of ether oxygens (including phenoxy) is 1. The molecule has 0 unspecified atom stereocenters. The monoisotopic (exact) mass is 429 g/mol. The average Bonchev–Trinajstić information content (AvgIpc) is 2.81.